The molecule has 0 saturated heterocycles. The lowest BCUT2D eigenvalue weighted by atomic mass is 9.83. The number of rotatable bonds is 5. The van der Waals surface area contributed by atoms with Crippen LogP contribution < -0.4 is 19.9 Å². The molecule has 1 fully saturated rings. The van der Waals surface area contributed by atoms with Crippen LogP contribution in [0.5, 0.6) is 5.75 Å². The monoisotopic (exact) mass is 475 g/mol. The summed E-state index contributed by atoms with van der Waals surface area (Å²) in [6.07, 6.45) is 5.61. The molecule has 2 aromatic carbocycles. The normalized spacial score (nSPS) is 19.4. The number of hydrogen-bond donors (Lipinski definition) is 1. The molecular formula is C29H41N5O. The van der Waals surface area contributed by atoms with Crippen LogP contribution in [0, 0.1) is 18.8 Å². The van der Waals surface area contributed by atoms with Crippen LogP contribution in [0.25, 0.3) is 10.9 Å². The first-order valence-electron chi connectivity index (χ1n) is 13.0. The largest absolute Gasteiger partial charge is 0.490 e. The highest BCUT2D eigenvalue weighted by Gasteiger charge is 2.18. The van der Waals surface area contributed by atoms with Crippen molar-refractivity contribution in [1.82, 2.24) is 15.3 Å². The number of anilines is 2. The molecule has 188 valence electrons. The molecule has 1 saturated carbocycles. The number of para-hydroxylation sites is 1. The average Bonchev–Trinajstić information content (AvgIpc) is 2.85. The maximum Gasteiger partial charge on any atom is 0.143 e. The summed E-state index contributed by atoms with van der Waals surface area (Å²) in [5.74, 6) is 4.65. The van der Waals surface area contributed by atoms with Crippen molar-refractivity contribution < 1.29 is 4.74 Å². The summed E-state index contributed by atoms with van der Waals surface area (Å²) in [5, 5.41) is 4.74. The van der Waals surface area contributed by atoms with Gasteiger partial charge in [0, 0.05) is 33.1 Å². The second kappa shape index (κ2) is 11.7. The fourth-order valence-corrected chi connectivity index (χ4v) is 4.98. The molecule has 5 rings (SSSR count). The van der Waals surface area contributed by atoms with Crippen molar-refractivity contribution in [1.29, 1.82) is 0 Å². The minimum Gasteiger partial charge on any atom is -0.490 e. The van der Waals surface area contributed by atoms with E-state index >= 15 is 0 Å². The number of benzene rings is 2. The second-order valence-electron chi connectivity index (χ2n) is 10.3. The van der Waals surface area contributed by atoms with Gasteiger partial charge in [-0.2, -0.15) is 0 Å². The summed E-state index contributed by atoms with van der Waals surface area (Å²) in [4.78, 5) is 13.1. The molecule has 1 aliphatic heterocycles. The number of ether oxygens (including phenoxy) is 1. The number of nitrogens with zero attached hydrogens (tertiary/aromatic N) is 4. The number of nitrogens with one attached hydrogen (secondary N) is 1. The molecule has 6 nitrogen and oxygen atoms in total. The van der Waals surface area contributed by atoms with Crippen LogP contribution in [0.2, 0.25) is 0 Å². The molecule has 0 amide bonds. The van der Waals surface area contributed by atoms with Gasteiger partial charge in [0.2, 0.25) is 0 Å². The Kier molecular flexibility index (Phi) is 8.45. The third-order valence-corrected chi connectivity index (χ3v) is 7.14. The molecule has 35 heavy (non-hydrogen) atoms. The zero-order chi connectivity index (χ0) is 24.8. The van der Waals surface area contributed by atoms with Crippen molar-refractivity contribution in [2.75, 3.05) is 50.6 Å². The fraction of sp³-hybridized carbons (Fsp3) is 0.517. The van der Waals surface area contributed by atoms with Gasteiger partial charge in [-0.25, -0.2) is 9.97 Å². The van der Waals surface area contributed by atoms with Crippen LogP contribution in [-0.2, 0) is 6.54 Å². The number of fused-ring (bicyclic) bond motifs is 2. The number of likely N-dealkylation sites (N-methyl/N-ethyl adjacent to an activating group) is 1. The Hall–Kier alpha value is -2.86. The Balaban J connectivity index is 0.000000179. The van der Waals surface area contributed by atoms with Crippen molar-refractivity contribution in [3.8, 4) is 5.75 Å². The van der Waals surface area contributed by atoms with Crippen LogP contribution in [0.4, 0.5) is 11.5 Å². The second-order valence-corrected chi connectivity index (χ2v) is 10.3. The van der Waals surface area contributed by atoms with E-state index in [0.717, 1.165) is 66.4 Å². The van der Waals surface area contributed by atoms with Crippen molar-refractivity contribution in [2.45, 2.75) is 46.1 Å². The first-order valence-corrected chi connectivity index (χ1v) is 13.0. The van der Waals surface area contributed by atoms with Crippen LogP contribution in [0.15, 0.2) is 42.5 Å². The third kappa shape index (κ3) is 6.63. The molecule has 1 aromatic heterocycles. The van der Waals surface area contributed by atoms with E-state index in [1.807, 2.05) is 50.2 Å². The van der Waals surface area contributed by atoms with E-state index in [1.165, 1.54) is 36.9 Å². The van der Waals surface area contributed by atoms with Crippen molar-refractivity contribution in [3.63, 3.8) is 0 Å². The SMILES string of the molecule is CC1CCC(CNCc2ccc3c(c2)OCCN3C)CC1.Cc1nc(N(C)C)c2ccccc2n1. The highest BCUT2D eigenvalue weighted by molar-refractivity contribution is 5.89. The molecule has 0 radical (unpaired) electrons. The van der Waals surface area contributed by atoms with E-state index in [1.54, 1.807) is 0 Å². The van der Waals surface area contributed by atoms with Gasteiger partial charge in [-0.15, -0.1) is 0 Å². The molecule has 3 aromatic rings. The van der Waals surface area contributed by atoms with Crippen molar-refractivity contribution in [2.24, 2.45) is 11.8 Å². The fourth-order valence-electron chi connectivity index (χ4n) is 4.98. The molecule has 6 heteroatoms. The van der Waals surface area contributed by atoms with Gasteiger partial charge in [0.25, 0.3) is 0 Å². The Morgan fingerprint density at radius 1 is 1.06 bits per heavy atom. The molecular weight excluding hydrogens is 434 g/mol. The average molecular weight is 476 g/mol. The van der Waals surface area contributed by atoms with Crippen molar-refractivity contribution >= 4 is 22.4 Å². The van der Waals surface area contributed by atoms with Crippen LogP contribution in [-0.4, -0.2) is 50.8 Å². The Bertz CT molecular complexity index is 1110. The number of hydrogen-bond acceptors (Lipinski definition) is 6. The first kappa shape index (κ1) is 25.2. The first-order chi connectivity index (χ1) is 16.9. The third-order valence-electron chi connectivity index (χ3n) is 7.14. The zero-order valence-electron chi connectivity index (χ0n) is 22.1. The number of aryl methyl sites for hydroxylation is 1. The maximum atomic E-state index is 5.77. The Morgan fingerprint density at radius 3 is 2.60 bits per heavy atom. The predicted octanol–water partition coefficient (Wildman–Crippen LogP) is 5.44. The summed E-state index contributed by atoms with van der Waals surface area (Å²) in [6.45, 7) is 8.18. The smallest absolute Gasteiger partial charge is 0.143 e. The minimum atomic E-state index is 0.792. The summed E-state index contributed by atoms with van der Waals surface area (Å²) >= 11 is 0. The van der Waals surface area contributed by atoms with Gasteiger partial charge >= 0.3 is 0 Å². The van der Waals surface area contributed by atoms with Crippen LogP contribution >= 0.6 is 0 Å². The Labute approximate surface area is 210 Å². The van der Waals surface area contributed by atoms with Gasteiger partial charge < -0.3 is 19.9 Å². The molecule has 0 unspecified atom stereocenters. The molecule has 1 aliphatic carbocycles. The molecule has 0 atom stereocenters. The minimum absolute atomic E-state index is 0.792. The lowest BCUT2D eigenvalue weighted by Gasteiger charge is -2.28. The molecule has 0 bridgehead atoms. The molecule has 2 aliphatic rings. The Morgan fingerprint density at radius 2 is 1.83 bits per heavy atom. The van der Waals surface area contributed by atoms with Crippen molar-refractivity contribution in [3.05, 3.63) is 53.9 Å². The van der Waals surface area contributed by atoms with Crippen LogP contribution in [0.1, 0.15) is 44.0 Å². The predicted molar refractivity (Wildman–Crippen MR) is 147 cm³/mol. The van der Waals surface area contributed by atoms with Gasteiger partial charge in [0.15, 0.2) is 0 Å². The van der Waals surface area contributed by atoms with Gasteiger partial charge in [-0.1, -0.05) is 38.0 Å². The van der Waals surface area contributed by atoms with Gasteiger partial charge in [-0.3, -0.25) is 0 Å². The molecule has 0 spiro atoms. The van der Waals surface area contributed by atoms with Crippen LogP contribution in [0.3, 0.4) is 0 Å². The van der Waals surface area contributed by atoms with E-state index < -0.39 is 0 Å². The summed E-state index contributed by atoms with van der Waals surface area (Å²) in [7, 11) is 6.12. The maximum absolute atomic E-state index is 5.77. The van der Waals surface area contributed by atoms with Gasteiger partial charge in [0.05, 0.1) is 17.7 Å². The quantitative estimate of drug-likeness (QED) is 0.531. The van der Waals surface area contributed by atoms with E-state index in [-0.39, 0.29) is 0 Å². The number of aromatic nitrogens is 2. The standard InChI is InChI=1S/C18H28N2O.C11H13N3/c1-14-3-5-15(6-4-14)12-19-13-16-7-8-17-18(11-16)21-10-9-20(17)2;1-8-12-10-7-5-4-6-9(10)11(13-8)14(2)3/h7-8,11,14-15,19H,3-6,9-10,12-13H2,1-2H3;4-7H,1-3H3. The lowest BCUT2D eigenvalue weighted by Crippen LogP contribution is -2.29. The topological polar surface area (TPSA) is 53.5 Å². The summed E-state index contributed by atoms with van der Waals surface area (Å²) < 4.78 is 5.77. The van der Waals surface area contributed by atoms with E-state index in [4.69, 9.17) is 4.74 Å². The highest BCUT2D eigenvalue weighted by Crippen LogP contribution is 2.32. The molecule has 1 N–H and O–H groups in total. The molecule has 2 heterocycles. The summed E-state index contributed by atoms with van der Waals surface area (Å²) in [5.41, 5.74) is 3.54. The lowest BCUT2D eigenvalue weighted by molar-refractivity contribution is 0.281. The van der Waals surface area contributed by atoms with E-state index in [9.17, 15) is 0 Å². The zero-order valence-corrected chi connectivity index (χ0v) is 22.1. The van der Waals surface area contributed by atoms with Gasteiger partial charge in [-0.05, 0) is 68.0 Å². The van der Waals surface area contributed by atoms with E-state index in [2.05, 4.69) is 52.4 Å². The highest BCUT2D eigenvalue weighted by atomic mass is 16.5. The van der Waals surface area contributed by atoms with Gasteiger partial charge in [0.1, 0.15) is 24.0 Å². The van der Waals surface area contributed by atoms with E-state index in [0.29, 0.717) is 0 Å². The summed E-state index contributed by atoms with van der Waals surface area (Å²) in [6, 6.07) is 14.7.